The number of anilines is 2. The summed E-state index contributed by atoms with van der Waals surface area (Å²) >= 11 is 2.89. The maximum absolute atomic E-state index is 14.0. The molecule has 30 heavy (non-hydrogen) atoms. The second-order valence-electron chi connectivity index (χ2n) is 7.25. The highest BCUT2D eigenvalue weighted by Gasteiger charge is 2.27. The van der Waals surface area contributed by atoms with Crippen LogP contribution in [-0.2, 0) is 19.5 Å². The number of fused-ring (bicyclic) bond motifs is 2. The van der Waals surface area contributed by atoms with Crippen molar-refractivity contribution >= 4 is 48.9 Å². The Kier molecular flexibility index (Phi) is 4.98. The number of hydrogen-bond donors (Lipinski definition) is 2. The number of benzene rings is 2. The summed E-state index contributed by atoms with van der Waals surface area (Å²) in [6.45, 7) is 2.50. The SMILES string of the molecule is NC(=O)c1c(Nc2nc3c(F)cccc3s2)sc2c1CCN(Cc1ccccc1)C2. The molecule has 0 atom stereocenters. The number of nitrogens with one attached hydrogen (secondary N) is 1. The van der Waals surface area contributed by atoms with Crippen molar-refractivity contribution in [3.63, 3.8) is 0 Å². The van der Waals surface area contributed by atoms with E-state index in [-0.39, 0.29) is 5.82 Å². The van der Waals surface area contributed by atoms with Gasteiger partial charge in [-0.1, -0.05) is 47.7 Å². The molecule has 152 valence electrons. The Labute approximate surface area is 181 Å². The van der Waals surface area contributed by atoms with Gasteiger partial charge in [-0.3, -0.25) is 9.69 Å². The summed E-state index contributed by atoms with van der Waals surface area (Å²) in [6.07, 6.45) is 0.771. The predicted molar refractivity (Wildman–Crippen MR) is 120 cm³/mol. The molecule has 0 radical (unpaired) electrons. The first-order valence-electron chi connectivity index (χ1n) is 9.61. The van der Waals surface area contributed by atoms with Gasteiger partial charge in [-0.15, -0.1) is 11.3 Å². The van der Waals surface area contributed by atoms with Crippen molar-refractivity contribution in [3.05, 3.63) is 75.9 Å². The molecule has 0 fully saturated rings. The van der Waals surface area contributed by atoms with Crippen LogP contribution in [0.4, 0.5) is 14.5 Å². The van der Waals surface area contributed by atoms with Crippen LogP contribution >= 0.6 is 22.7 Å². The molecule has 1 aliphatic rings. The maximum Gasteiger partial charge on any atom is 0.251 e. The number of amides is 1. The molecule has 1 amide bonds. The third kappa shape index (κ3) is 3.58. The smallest absolute Gasteiger partial charge is 0.251 e. The van der Waals surface area contributed by atoms with E-state index in [2.05, 4.69) is 27.3 Å². The number of nitrogens with two attached hydrogens (primary N) is 1. The number of halogens is 1. The van der Waals surface area contributed by atoms with E-state index in [1.807, 2.05) is 24.3 Å². The molecule has 3 heterocycles. The molecule has 0 bridgehead atoms. The standard InChI is InChI=1S/C22H19FN4OS2/c23-15-7-4-8-16-19(15)25-22(30-16)26-21-18(20(24)28)14-9-10-27(12-17(14)29-21)11-13-5-2-1-3-6-13/h1-8H,9-12H2,(H2,24,28)(H,25,26). The molecule has 0 saturated carbocycles. The lowest BCUT2D eigenvalue weighted by molar-refractivity contribution is 0.0999. The summed E-state index contributed by atoms with van der Waals surface area (Å²) in [7, 11) is 0. The molecule has 5 nitrogen and oxygen atoms in total. The van der Waals surface area contributed by atoms with Gasteiger partial charge in [-0.25, -0.2) is 9.37 Å². The zero-order valence-corrected chi connectivity index (χ0v) is 17.7. The average Bonchev–Trinajstić information content (AvgIpc) is 3.30. The summed E-state index contributed by atoms with van der Waals surface area (Å²) in [6, 6.07) is 15.2. The average molecular weight is 439 g/mol. The molecule has 0 unspecified atom stereocenters. The van der Waals surface area contributed by atoms with E-state index in [1.165, 1.54) is 34.3 Å². The summed E-state index contributed by atoms with van der Waals surface area (Å²) in [5.74, 6) is -0.798. The van der Waals surface area contributed by atoms with E-state index in [1.54, 1.807) is 6.07 Å². The molecule has 1 aliphatic heterocycles. The molecular formula is C22H19FN4OS2. The van der Waals surface area contributed by atoms with E-state index >= 15 is 0 Å². The monoisotopic (exact) mass is 438 g/mol. The maximum atomic E-state index is 14.0. The van der Waals surface area contributed by atoms with Gasteiger partial charge in [-0.2, -0.15) is 0 Å². The third-order valence-corrected chi connectivity index (χ3v) is 7.29. The molecule has 2 aromatic carbocycles. The Morgan fingerprint density at radius 2 is 2.00 bits per heavy atom. The van der Waals surface area contributed by atoms with Gasteiger partial charge in [0.2, 0.25) is 0 Å². The molecule has 5 rings (SSSR count). The number of primary amides is 1. The molecule has 2 aromatic heterocycles. The zero-order valence-electron chi connectivity index (χ0n) is 16.0. The topological polar surface area (TPSA) is 71.2 Å². The van der Waals surface area contributed by atoms with Crippen LogP contribution in [0.25, 0.3) is 10.2 Å². The molecule has 0 spiro atoms. The second-order valence-corrected chi connectivity index (χ2v) is 9.38. The van der Waals surface area contributed by atoms with Gasteiger partial charge in [0.05, 0.1) is 10.3 Å². The Morgan fingerprint density at radius 3 is 2.77 bits per heavy atom. The number of nitrogens with zero attached hydrogens (tertiary/aromatic N) is 2. The summed E-state index contributed by atoms with van der Waals surface area (Å²) in [5.41, 5.74) is 8.89. The van der Waals surface area contributed by atoms with E-state index in [0.717, 1.165) is 41.2 Å². The van der Waals surface area contributed by atoms with Gasteiger partial charge >= 0.3 is 0 Å². The fourth-order valence-electron chi connectivity index (χ4n) is 3.85. The number of carbonyl (C=O) groups excluding carboxylic acids is 1. The lowest BCUT2D eigenvalue weighted by atomic mass is 10.0. The Hall–Kier alpha value is -2.81. The van der Waals surface area contributed by atoms with Gasteiger partial charge in [0.15, 0.2) is 5.13 Å². The fourth-order valence-corrected chi connectivity index (χ4v) is 6.09. The summed E-state index contributed by atoms with van der Waals surface area (Å²) in [4.78, 5) is 20.1. The van der Waals surface area contributed by atoms with E-state index in [0.29, 0.717) is 21.2 Å². The quantitative estimate of drug-likeness (QED) is 0.465. The van der Waals surface area contributed by atoms with Crippen LogP contribution in [0.15, 0.2) is 48.5 Å². The first kappa shape index (κ1) is 19.2. The Morgan fingerprint density at radius 1 is 1.17 bits per heavy atom. The minimum Gasteiger partial charge on any atom is -0.365 e. The minimum absolute atomic E-state index is 0.334. The largest absolute Gasteiger partial charge is 0.365 e. The van der Waals surface area contributed by atoms with Gasteiger partial charge < -0.3 is 11.1 Å². The zero-order chi connectivity index (χ0) is 20.7. The van der Waals surface area contributed by atoms with Crippen LogP contribution < -0.4 is 11.1 Å². The lowest BCUT2D eigenvalue weighted by Gasteiger charge is -2.27. The molecule has 0 saturated heterocycles. The van der Waals surface area contributed by atoms with Gasteiger partial charge in [0, 0.05) is 24.5 Å². The number of aromatic nitrogens is 1. The highest BCUT2D eigenvalue weighted by atomic mass is 32.1. The van der Waals surface area contributed by atoms with Crippen molar-refractivity contribution in [1.29, 1.82) is 0 Å². The minimum atomic E-state index is -0.446. The number of thiophene rings is 1. The van der Waals surface area contributed by atoms with Crippen LogP contribution in [0, 0.1) is 5.82 Å². The van der Waals surface area contributed by atoms with E-state index in [9.17, 15) is 9.18 Å². The van der Waals surface area contributed by atoms with Crippen LogP contribution in [0.2, 0.25) is 0 Å². The molecular weight excluding hydrogens is 419 g/mol. The molecule has 8 heteroatoms. The number of rotatable bonds is 5. The number of para-hydroxylation sites is 1. The molecule has 0 aliphatic carbocycles. The van der Waals surface area contributed by atoms with Crippen LogP contribution in [0.1, 0.15) is 26.4 Å². The summed E-state index contributed by atoms with van der Waals surface area (Å²) < 4.78 is 14.8. The number of carbonyl (C=O) groups is 1. The number of hydrogen-bond acceptors (Lipinski definition) is 6. The van der Waals surface area contributed by atoms with Crippen molar-refractivity contribution < 1.29 is 9.18 Å². The lowest BCUT2D eigenvalue weighted by Crippen LogP contribution is -2.30. The first-order valence-corrected chi connectivity index (χ1v) is 11.2. The van der Waals surface area contributed by atoms with Crippen LogP contribution in [0.5, 0.6) is 0 Å². The van der Waals surface area contributed by atoms with Crippen molar-refractivity contribution in [1.82, 2.24) is 9.88 Å². The third-order valence-electron chi connectivity index (χ3n) is 5.22. The summed E-state index contributed by atoms with van der Waals surface area (Å²) in [5, 5.41) is 4.47. The van der Waals surface area contributed by atoms with Crippen molar-refractivity contribution in [2.75, 3.05) is 11.9 Å². The Bertz CT molecular complexity index is 1230. The van der Waals surface area contributed by atoms with E-state index < -0.39 is 5.91 Å². The van der Waals surface area contributed by atoms with Crippen LogP contribution in [-0.4, -0.2) is 22.3 Å². The number of thiazole rings is 1. The predicted octanol–water partition coefficient (Wildman–Crippen LogP) is 4.90. The van der Waals surface area contributed by atoms with Crippen molar-refractivity contribution in [2.24, 2.45) is 5.73 Å². The normalized spacial score (nSPS) is 14.0. The first-order chi connectivity index (χ1) is 14.6. The molecule has 4 aromatic rings. The molecule has 3 N–H and O–H groups in total. The van der Waals surface area contributed by atoms with E-state index in [4.69, 9.17) is 5.73 Å². The van der Waals surface area contributed by atoms with Gasteiger partial charge in [-0.05, 0) is 29.7 Å². The van der Waals surface area contributed by atoms with Crippen molar-refractivity contribution in [3.8, 4) is 0 Å². The highest BCUT2D eigenvalue weighted by Crippen LogP contribution is 2.40. The van der Waals surface area contributed by atoms with Crippen LogP contribution in [0.3, 0.4) is 0 Å². The van der Waals surface area contributed by atoms with Gasteiger partial charge in [0.1, 0.15) is 16.3 Å². The Balaban J connectivity index is 1.43. The van der Waals surface area contributed by atoms with Crippen molar-refractivity contribution in [2.45, 2.75) is 19.5 Å². The second kappa shape index (κ2) is 7.79. The highest BCUT2D eigenvalue weighted by molar-refractivity contribution is 7.23. The fraction of sp³-hybridized carbons (Fsp3) is 0.182. The van der Waals surface area contributed by atoms with Gasteiger partial charge in [0.25, 0.3) is 5.91 Å².